The molecular weight excluding hydrogens is 224 g/mol. The van der Waals surface area contributed by atoms with E-state index in [4.69, 9.17) is 14.6 Å². The Morgan fingerprint density at radius 3 is 2.82 bits per heavy atom. The van der Waals surface area contributed by atoms with Crippen LogP contribution in [-0.2, 0) is 14.3 Å². The van der Waals surface area contributed by atoms with Crippen LogP contribution in [0.5, 0.6) is 5.75 Å². The van der Waals surface area contributed by atoms with Crippen LogP contribution in [0, 0.1) is 5.92 Å². The normalized spacial score (nSPS) is 23.2. The van der Waals surface area contributed by atoms with Gasteiger partial charge < -0.3 is 14.6 Å². The van der Waals surface area contributed by atoms with Crippen molar-refractivity contribution >= 4 is 11.9 Å². The Hall–Kier alpha value is -2.04. The monoisotopic (exact) mass is 236 g/mol. The summed E-state index contributed by atoms with van der Waals surface area (Å²) in [7, 11) is 1.49. The zero-order chi connectivity index (χ0) is 12.4. The molecule has 0 aromatic heterocycles. The second-order valence-corrected chi connectivity index (χ2v) is 3.80. The van der Waals surface area contributed by atoms with Gasteiger partial charge in [0.15, 0.2) is 0 Å². The molecule has 5 nitrogen and oxygen atoms in total. The summed E-state index contributed by atoms with van der Waals surface area (Å²) in [5.74, 6) is -1.85. The molecule has 1 N–H and O–H groups in total. The van der Waals surface area contributed by atoms with Gasteiger partial charge in [-0.3, -0.25) is 9.59 Å². The summed E-state index contributed by atoms with van der Waals surface area (Å²) >= 11 is 0. The van der Waals surface area contributed by atoms with Gasteiger partial charge in [-0.25, -0.2) is 0 Å². The van der Waals surface area contributed by atoms with Crippen molar-refractivity contribution in [1.82, 2.24) is 0 Å². The van der Waals surface area contributed by atoms with Crippen LogP contribution < -0.4 is 4.74 Å². The number of carbonyl (C=O) groups is 2. The van der Waals surface area contributed by atoms with E-state index >= 15 is 0 Å². The van der Waals surface area contributed by atoms with Crippen molar-refractivity contribution in [1.29, 1.82) is 0 Å². The molecule has 0 spiro atoms. The molecule has 2 atom stereocenters. The van der Waals surface area contributed by atoms with E-state index in [2.05, 4.69) is 0 Å². The molecule has 1 aliphatic rings. The lowest BCUT2D eigenvalue weighted by atomic mass is 9.95. The maximum absolute atomic E-state index is 11.2. The fourth-order valence-electron chi connectivity index (χ4n) is 1.96. The minimum Gasteiger partial charge on any atom is -0.496 e. The summed E-state index contributed by atoms with van der Waals surface area (Å²) in [5.41, 5.74) is 0.591. The molecule has 1 aromatic carbocycles. The van der Waals surface area contributed by atoms with Crippen LogP contribution >= 0.6 is 0 Å². The molecule has 90 valence electrons. The first-order chi connectivity index (χ1) is 8.13. The molecule has 0 aliphatic carbocycles. The van der Waals surface area contributed by atoms with E-state index in [1.807, 2.05) is 0 Å². The molecule has 17 heavy (non-hydrogen) atoms. The van der Waals surface area contributed by atoms with Crippen molar-refractivity contribution in [3.8, 4) is 5.75 Å². The number of hydrogen-bond donors (Lipinski definition) is 1. The third-order valence-electron chi connectivity index (χ3n) is 2.77. The highest BCUT2D eigenvalue weighted by Crippen LogP contribution is 2.39. The number of benzene rings is 1. The summed E-state index contributed by atoms with van der Waals surface area (Å²) in [6.07, 6.45) is -0.867. The van der Waals surface area contributed by atoms with Gasteiger partial charge in [-0.2, -0.15) is 0 Å². The third-order valence-corrected chi connectivity index (χ3v) is 2.77. The first-order valence-electron chi connectivity index (χ1n) is 5.18. The third kappa shape index (κ3) is 2.08. The molecule has 2 rings (SSSR count). The van der Waals surface area contributed by atoms with Crippen LogP contribution in [-0.4, -0.2) is 24.2 Å². The minimum atomic E-state index is -1.04. The second-order valence-electron chi connectivity index (χ2n) is 3.80. The molecule has 1 heterocycles. The second kappa shape index (κ2) is 4.45. The first kappa shape index (κ1) is 11.4. The molecule has 0 radical (unpaired) electrons. The van der Waals surface area contributed by atoms with Crippen molar-refractivity contribution in [3.05, 3.63) is 29.8 Å². The Morgan fingerprint density at radius 1 is 1.47 bits per heavy atom. The molecular formula is C12H12O5. The molecule has 0 bridgehead atoms. The van der Waals surface area contributed by atoms with Crippen LogP contribution in [0.1, 0.15) is 18.1 Å². The Kier molecular flexibility index (Phi) is 2.99. The van der Waals surface area contributed by atoms with E-state index in [0.717, 1.165) is 0 Å². The van der Waals surface area contributed by atoms with E-state index in [1.165, 1.54) is 7.11 Å². The Bertz CT molecular complexity index is 454. The lowest BCUT2D eigenvalue weighted by molar-refractivity contribution is -0.144. The largest absolute Gasteiger partial charge is 0.496 e. The van der Waals surface area contributed by atoms with Crippen LogP contribution in [0.2, 0.25) is 0 Å². The number of carboxylic acid groups (broad SMARTS) is 1. The van der Waals surface area contributed by atoms with Gasteiger partial charge in [-0.15, -0.1) is 0 Å². The Balaban J connectivity index is 2.38. The standard InChI is InChI=1S/C12H12O5/c1-16-9-5-3-2-4-7(9)11-8(12(14)15)6-10(13)17-11/h2-5,8,11H,6H2,1H3,(H,14,15)/t8-,11+/m0/s1. The Morgan fingerprint density at radius 2 is 2.18 bits per heavy atom. The van der Waals surface area contributed by atoms with E-state index in [0.29, 0.717) is 11.3 Å². The average Bonchev–Trinajstić information content (AvgIpc) is 2.71. The highest BCUT2D eigenvalue weighted by atomic mass is 16.6. The van der Waals surface area contributed by atoms with Crippen molar-refractivity contribution in [2.75, 3.05) is 7.11 Å². The number of aliphatic carboxylic acids is 1. The maximum Gasteiger partial charge on any atom is 0.311 e. The molecule has 0 unspecified atom stereocenters. The van der Waals surface area contributed by atoms with Gasteiger partial charge in [0, 0.05) is 5.56 Å². The molecule has 1 aromatic rings. The van der Waals surface area contributed by atoms with Crippen molar-refractivity contribution in [2.45, 2.75) is 12.5 Å². The quantitative estimate of drug-likeness (QED) is 0.803. The number of carbonyl (C=O) groups excluding carboxylic acids is 1. The van der Waals surface area contributed by atoms with Crippen molar-refractivity contribution < 1.29 is 24.2 Å². The zero-order valence-electron chi connectivity index (χ0n) is 9.25. The molecule has 0 saturated carbocycles. The molecule has 1 fully saturated rings. The zero-order valence-corrected chi connectivity index (χ0v) is 9.25. The van der Waals surface area contributed by atoms with Crippen LogP contribution in [0.4, 0.5) is 0 Å². The maximum atomic E-state index is 11.2. The lowest BCUT2D eigenvalue weighted by Gasteiger charge is -2.17. The molecule has 1 aliphatic heterocycles. The van der Waals surface area contributed by atoms with Gasteiger partial charge in [0.25, 0.3) is 0 Å². The van der Waals surface area contributed by atoms with Crippen LogP contribution in [0.3, 0.4) is 0 Å². The number of cyclic esters (lactones) is 1. The number of esters is 1. The Labute approximate surface area is 98.0 Å². The van der Waals surface area contributed by atoms with Gasteiger partial charge >= 0.3 is 11.9 Å². The summed E-state index contributed by atoms with van der Waals surface area (Å²) in [6.45, 7) is 0. The topological polar surface area (TPSA) is 72.8 Å². The molecule has 0 amide bonds. The fourth-order valence-corrected chi connectivity index (χ4v) is 1.96. The number of ether oxygens (including phenoxy) is 2. The molecule has 5 heteroatoms. The summed E-state index contributed by atoms with van der Waals surface area (Å²) in [5, 5.41) is 9.05. The predicted molar refractivity (Wildman–Crippen MR) is 57.6 cm³/mol. The van der Waals surface area contributed by atoms with Gasteiger partial charge in [-0.1, -0.05) is 18.2 Å². The summed E-state index contributed by atoms with van der Waals surface area (Å²) in [4.78, 5) is 22.3. The summed E-state index contributed by atoms with van der Waals surface area (Å²) < 4.78 is 10.2. The summed E-state index contributed by atoms with van der Waals surface area (Å²) in [6, 6.07) is 6.94. The molecule has 1 saturated heterocycles. The predicted octanol–water partition coefficient (Wildman–Crippen LogP) is 1.38. The average molecular weight is 236 g/mol. The number of hydrogen-bond acceptors (Lipinski definition) is 4. The number of rotatable bonds is 3. The smallest absolute Gasteiger partial charge is 0.311 e. The van der Waals surface area contributed by atoms with E-state index < -0.39 is 24.0 Å². The van der Waals surface area contributed by atoms with Crippen molar-refractivity contribution in [3.63, 3.8) is 0 Å². The number of para-hydroxylation sites is 1. The van der Waals surface area contributed by atoms with Gasteiger partial charge in [-0.05, 0) is 6.07 Å². The van der Waals surface area contributed by atoms with Crippen LogP contribution in [0.15, 0.2) is 24.3 Å². The van der Waals surface area contributed by atoms with Crippen molar-refractivity contribution in [2.24, 2.45) is 5.92 Å². The van der Waals surface area contributed by atoms with Gasteiger partial charge in [0.2, 0.25) is 0 Å². The fraction of sp³-hybridized carbons (Fsp3) is 0.333. The van der Waals surface area contributed by atoms with Crippen LogP contribution in [0.25, 0.3) is 0 Å². The number of methoxy groups -OCH3 is 1. The van der Waals surface area contributed by atoms with E-state index in [-0.39, 0.29) is 6.42 Å². The number of carboxylic acids is 1. The van der Waals surface area contributed by atoms with E-state index in [1.54, 1.807) is 24.3 Å². The highest BCUT2D eigenvalue weighted by molar-refractivity contribution is 5.83. The van der Waals surface area contributed by atoms with E-state index in [9.17, 15) is 9.59 Å². The lowest BCUT2D eigenvalue weighted by Crippen LogP contribution is -2.18. The van der Waals surface area contributed by atoms with Gasteiger partial charge in [0.1, 0.15) is 17.8 Å². The van der Waals surface area contributed by atoms with Gasteiger partial charge in [0.05, 0.1) is 13.5 Å². The minimum absolute atomic E-state index is 0.0992. The highest BCUT2D eigenvalue weighted by Gasteiger charge is 2.42. The first-order valence-corrected chi connectivity index (χ1v) is 5.18. The SMILES string of the molecule is COc1ccccc1[C@H]1OC(=O)C[C@@H]1C(=O)O.